The molecule has 0 atom stereocenters. The van der Waals surface area contributed by atoms with Gasteiger partial charge in [-0.15, -0.1) is 13.2 Å². The molecule has 3 N–H and O–H groups in total. The number of hydrogen-bond donors (Lipinski definition) is 3. The Bertz CT molecular complexity index is 31.4. The van der Waals surface area contributed by atoms with Crippen LogP contribution in [0.3, 0.4) is 0 Å². The van der Waals surface area contributed by atoms with E-state index in [9.17, 15) is 0 Å². The summed E-state index contributed by atoms with van der Waals surface area (Å²) in [6.45, 7) is 8.81. The topological polar surface area (TPSA) is 36.1 Å². The van der Waals surface area contributed by atoms with Crippen LogP contribution in [-0.2, 0) is 0 Å². The van der Waals surface area contributed by atoms with E-state index < -0.39 is 0 Å². The van der Waals surface area contributed by atoms with Gasteiger partial charge in [0.1, 0.15) is 0 Å². The highest BCUT2D eigenvalue weighted by atomic mass is 15.2. The minimum Gasteiger partial charge on any atom is -0.292 e. The minimum absolute atomic E-state index is 0.938. The van der Waals surface area contributed by atoms with E-state index in [1.54, 1.807) is 0 Å². The van der Waals surface area contributed by atoms with Gasteiger partial charge in [-0.05, 0) is 0 Å². The largest absolute Gasteiger partial charge is 0.292 e. The van der Waals surface area contributed by atoms with Crippen LogP contribution in [0.15, 0.2) is 13.2 Å². The maximum atomic E-state index is 3.06. The van der Waals surface area contributed by atoms with Crippen molar-refractivity contribution < 1.29 is 0 Å². The third kappa shape index (κ3) is 3.80. The monoisotopic (exact) mass is 115 g/mol. The summed E-state index contributed by atoms with van der Waals surface area (Å²) >= 11 is 0. The van der Waals surface area contributed by atoms with Gasteiger partial charge in [-0.3, -0.25) is 16.0 Å². The molecular formula is C5H13N3. The Morgan fingerprint density at radius 3 is 1.12 bits per heavy atom. The van der Waals surface area contributed by atoms with Crippen LogP contribution in [0.4, 0.5) is 0 Å². The van der Waals surface area contributed by atoms with Crippen molar-refractivity contribution in [1.29, 1.82) is 0 Å². The third-order valence-electron chi connectivity index (χ3n) is 0.750. The third-order valence-corrected chi connectivity index (χ3v) is 0.750. The zero-order valence-electron chi connectivity index (χ0n) is 5.04. The summed E-state index contributed by atoms with van der Waals surface area (Å²) in [6, 6.07) is 0. The Labute approximate surface area is 50.2 Å². The van der Waals surface area contributed by atoms with E-state index in [4.69, 9.17) is 0 Å². The normalized spacial score (nSPS) is 18.5. The van der Waals surface area contributed by atoms with Gasteiger partial charge >= 0.3 is 0 Å². The quantitative estimate of drug-likeness (QED) is 0.370. The van der Waals surface area contributed by atoms with E-state index in [-0.39, 0.29) is 0 Å². The Balaban J connectivity index is 0.000000222. The standard InChI is InChI=1S/C3H9N3.C2H4/c1-4-2-6-3-5-1;1-2/h4-6H,1-3H2;1-2H2. The van der Waals surface area contributed by atoms with Crippen LogP contribution in [0.5, 0.6) is 0 Å². The maximum absolute atomic E-state index is 3.06. The van der Waals surface area contributed by atoms with Gasteiger partial charge in [-0.2, -0.15) is 0 Å². The van der Waals surface area contributed by atoms with Crippen molar-refractivity contribution in [2.45, 2.75) is 0 Å². The van der Waals surface area contributed by atoms with Gasteiger partial charge in [0.2, 0.25) is 0 Å². The van der Waals surface area contributed by atoms with Crippen molar-refractivity contribution >= 4 is 0 Å². The second-order valence-corrected chi connectivity index (χ2v) is 1.28. The average Bonchev–Trinajstić information content (AvgIpc) is 1.96. The van der Waals surface area contributed by atoms with Crippen LogP contribution in [0.25, 0.3) is 0 Å². The SMILES string of the molecule is C1NCNCN1.C=C. The summed E-state index contributed by atoms with van der Waals surface area (Å²) in [5.74, 6) is 0. The van der Waals surface area contributed by atoms with Crippen molar-refractivity contribution in [3.63, 3.8) is 0 Å². The maximum Gasteiger partial charge on any atom is 0.0474 e. The predicted octanol–water partition coefficient (Wildman–Crippen LogP) is -0.556. The van der Waals surface area contributed by atoms with Crippen molar-refractivity contribution in [3.8, 4) is 0 Å². The summed E-state index contributed by atoms with van der Waals surface area (Å²) in [4.78, 5) is 0. The molecule has 0 amide bonds. The molecule has 48 valence electrons. The van der Waals surface area contributed by atoms with Crippen LogP contribution in [0, 0.1) is 0 Å². The molecule has 0 unspecified atom stereocenters. The molecule has 0 bridgehead atoms. The minimum atomic E-state index is 0.938. The molecule has 0 aromatic carbocycles. The van der Waals surface area contributed by atoms with Crippen LogP contribution in [-0.4, -0.2) is 20.0 Å². The molecule has 0 radical (unpaired) electrons. The average molecular weight is 115 g/mol. The molecule has 1 aliphatic rings. The molecule has 3 nitrogen and oxygen atoms in total. The summed E-state index contributed by atoms with van der Waals surface area (Å²) < 4.78 is 0. The number of hydrogen-bond acceptors (Lipinski definition) is 3. The van der Waals surface area contributed by atoms with E-state index in [1.807, 2.05) is 0 Å². The van der Waals surface area contributed by atoms with Gasteiger partial charge in [0.25, 0.3) is 0 Å². The molecule has 1 rings (SSSR count). The fraction of sp³-hybridized carbons (Fsp3) is 0.600. The summed E-state index contributed by atoms with van der Waals surface area (Å²) in [7, 11) is 0. The van der Waals surface area contributed by atoms with Crippen LogP contribution in [0.2, 0.25) is 0 Å². The van der Waals surface area contributed by atoms with E-state index >= 15 is 0 Å². The molecule has 1 heterocycles. The fourth-order valence-electron chi connectivity index (χ4n) is 0.453. The molecule has 0 spiro atoms. The van der Waals surface area contributed by atoms with Gasteiger partial charge in [-0.25, -0.2) is 0 Å². The molecule has 8 heavy (non-hydrogen) atoms. The summed E-state index contributed by atoms with van der Waals surface area (Å²) in [6.07, 6.45) is 0. The van der Waals surface area contributed by atoms with Crippen LogP contribution < -0.4 is 16.0 Å². The van der Waals surface area contributed by atoms with E-state index in [0.717, 1.165) is 20.0 Å². The second-order valence-electron chi connectivity index (χ2n) is 1.28. The Morgan fingerprint density at radius 2 is 1.00 bits per heavy atom. The molecule has 0 saturated carbocycles. The highest BCUT2D eigenvalue weighted by Crippen LogP contribution is 1.56. The molecule has 0 aliphatic carbocycles. The van der Waals surface area contributed by atoms with Crippen molar-refractivity contribution in [2.75, 3.05) is 20.0 Å². The molecule has 1 saturated heterocycles. The molecule has 3 heteroatoms. The lowest BCUT2D eigenvalue weighted by Crippen LogP contribution is -2.47. The molecular weight excluding hydrogens is 102 g/mol. The lowest BCUT2D eigenvalue weighted by atomic mass is 10.8. The Hall–Kier alpha value is -0.380. The van der Waals surface area contributed by atoms with Gasteiger partial charge in [0, 0.05) is 20.0 Å². The van der Waals surface area contributed by atoms with Gasteiger partial charge in [-0.1, -0.05) is 0 Å². The van der Waals surface area contributed by atoms with Gasteiger partial charge in [0.05, 0.1) is 0 Å². The second kappa shape index (κ2) is 6.62. The Kier molecular flexibility index (Phi) is 6.31. The summed E-state index contributed by atoms with van der Waals surface area (Å²) in [5.41, 5.74) is 0. The first-order chi connectivity index (χ1) is 4.00. The van der Waals surface area contributed by atoms with Crippen molar-refractivity contribution in [1.82, 2.24) is 16.0 Å². The highest BCUT2D eigenvalue weighted by Gasteiger charge is 1.89. The van der Waals surface area contributed by atoms with Crippen molar-refractivity contribution in [2.24, 2.45) is 0 Å². The molecule has 1 aliphatic heterocycles. The summed E-state index contributed by atoms with van der Waals surface area (Å²) in [5, 5.41) is 9.19. The van der Waals surface area contributed by atoms with E-state index in [0.29, 0.717) is 0 Å². The smallest absolute Gasteiger partial charge is 0.0474 e. The first kappa shape index (κ1) is 7.62. The fourth-order valence-corrected chi connectivity index (χ4v) is 0.453. The van der Waals surface area contributed by atoms with Gasteiger partial charge < -0.3 is 0 Å². The molecule has 0 aromatic rings. The van der Waals surface area contributed by atoms with Crippen molar-refractivity contribution in [3.05, 3.63) is 13.2 Å². The Morgan fingerprint density at radius 1 is 0.750 bits per heavy atom. The number of nitrogens with one attached hydrogen (secondary N) is 3. The van der Waals surface area contributed by atoms with Crippen LogP contribution >= 0.6 is 0 Å². The van der Waals surface area contributed by atoms with E-state index in [2.05, 4.69) is 29.1 Å². The van der Waals surface area contributed by atoms with Gasteiger partial charge in [0.15, 0.2) is 0 Å². The van der Waals surface area contributed by atoms with Crippen LogP contribution in [0.1, 0.15) is 0 Å². The zero-order valence-corrected chi connectivity index (χ0v) is 5.04. The zero-order chi connectivity index (χ0) is 6.24. The lowest BCUT2D eigenvalue weighted by Gasteiger charge is -2.13. The first-order valence-electron chi connectivity index (χ1n) is 2.62. The number of rotatable bonds is 0. The lowest BCUT2D eigenvalue weighted by molar-refractivity contribution is 0.443. The highest BCUT2D eigenvalue weighted by molar-refractivity contribution is 4.49. The molecule has 0 aromatic heterocycles. The molecule has 1 fully saturated rings. The van der Waals surface area contributed by atoms with E-state index in [1.165, 1.54) is 0 Å². The first-order valence-corrected chi connectivity index (χ1v) is 2.62. The predicted molar refractivity (Wildman–Crippen MR) is 35.3 cm³/mol.